The van der Waals surface area contributed by atoms with E-state index in [1.54, 1.807) is 37.4 Å². The topological polar surface area (TPSA) is 180 Å². The molecular weight excluding hydrogens is 852 g/mol. The number of nitrogens with one attached hydrogen (secondary N) is 2. The Hall–Kier alpha value is -5.69. The summed E-state index contributed by atoms with van der Waals surface area (Å²) in [5, 5.41) is 15.1. The molecule has 2 saturated carbocycles. The van der Waals surface area contributed by atoms with Crippen molar-refractivity contribution in [3.8, 4) is 23.3 Å². The van der Waals surface area contributed by atoms with Crippen molar-refractivity contribution < 1.29 is 42.9 Å². The van der Waals surface area contributed by atoms with Gasteiger partial charge in [-0.3, -0.25) is 39.1 Å². The number of methoxy groups -OCH3 is 2. The second-order valence-corrected chi connectivity index (χ2v) is 19.5. The second kappa shape index (κ2) is 18.3. The van der Waals surface area contributed by atoms with Crippen LogP contribution < -0.4 is 29.7 Å². The Kier molecular flexibility index (Phi) is 12.9. The number of halogens is 1. The highest BCUT2D eigenvalue weighted by Gasteiger charge is 2.64. The molecule has 0 unspecified atom stereocenters. The molecule has 0 spiro atoms. The Bertz CT molecular complexity index is 2390. The van der Waals surface area contributed by atoms with Crippen LogP contribution in [0.1, 0.15) is 103 Å². The number of nitriles is 1. The van der Waals surface area contributed by atoms with E-state index in [0.717, 1.165) is 62.4 Å². The predicted molar refractivity (Wildman–Crippen MR) is 241 cm³/mol. The third kappa shape index (κ3) is 8.88. The van der Waals surface area contributed by atoms with Crippen LogP contribution in [0.2, 0.25) is 5.02 Å². The van der Waals surface area contributed by atoms with Gasteiger partial charge in [0, 0.05) is 98.8 Å². The molecule has 8 rings (SSSR count). The summed E-state index contributed by atoms with van der Waals surface area (Å²) in [5.74, 6) is -0.762. The fraction of sp³-hybridized carbons (Fsp3) is 0.510. The lowest BCUT2D eigenvalue weighted by atomic mass is 9.49. The molecule has 16 heteroatoms. The minimum Gasteiger partial charge on any atom is -0.496 e. The number of anilines is 1. The molecule has 5 aliphatic rings. The first-order valence-electron chi connectivity index (χ1n) is 22.4. The Labute approximate surface area is 384 Å². The molecule has 3 aliphatic heterocycles. The number of imide groups is 2. The molecule has 3 heterocycles. The van der Waals surface area contributed by atoms with E-state index < -0.39 is 29.7 Å². The van der Waals surface area contributed by atoms with Crippen molar-refractivity contribution in [3.05, 3.63) is 81.9 Å². The van der Waals surface area contributed by atoms with Gasteiger partial charge >= 0.3 is 0 Å². The molecule has 5 amide bonds. The summed E-state index contributed by atoms with van der Waals surface area (Å²) in [6, 6.07) is 17.3. The van der Waals surface area contributed by atoms with Crippen molar-refractivity contribution in [1.29, 1.82) is 5.26 Å². The summed E-state index contributed by atoms with van der Waals surface area (Å²) < 4.78 is 23.8. The molecule has 1 atom stereocenters. The van der Waals surface area contributed by atoms with Gasteiger partial charge in [0.25, 0.3) is 17.7 Å². The Balaban J connectivity index is 0.817. The molecular formula is C49H57ClN6O9. The third-order valence-electron chi connectivity index (χ3n) is 14.2. The molecule has 2 N–H and O–H groups in total. The summed E-state index contributed by atoms with van der Waals surface area (Å²) in [6.45, 7) is 12.5. The minimum absolute atomic E-state index is 0.0374. The van der Waals surface area contributed by atoms with Gasteiger partial charge in [0.2, 0.25) is 11.8 Å². The molecule has 3 aromatic rings. The number of carbonyl (C=O) groups excluding carboxylic acids is 5. The van der Waals surface area contributed by atoms with Crippen LogP contribution in [-0.2, 0) is 14.3 Å². The fourth-order valence-electron chi connectivity index (χ4n) is 10.9. The van der Waals surface area contributed by atoms with Crippen LogP contribution in [0.5, 0.6) is 17.2 Å². The fourth-order valence-corrected chi connectivity index (χ4v) is 11.1. The highest BCUT2D eigenvalue weighted by Crippen LogP contribution is 2.55. The predicted octanol–water partition coefficient (Wildman–Crippen LogP) is 6.01. The normalized spacial score (nSPS) is 24.7. The first-order valence-corrected chi connectivity index (χ1v) is 22.8. The highest BCUT2D eigenvalue weighted by atomic mass is 35.5. The van der Waals surface area contributed by atoms with Gasteiger partial charge in [-0.2, -0.15) is 5.26 Å². The average Bonchev–Trinajstić information content (AvgIpc) is 3.52. The van der Waals surface area contributed by atoms with Crippen LogP contribution in [0, 0.1) is 28.1 Å². The molecule has 65 heavy (non-hydrogen) atoms. The van der Waals surface area contributed by atoms with Gasteiger partial charge in [-0.15, -0.1) is 0 Å². The van der Waals surface area contributed by atoms with E-state index in [-0.39, 0.29) is 64.7 Å². The maximum atomic E-state index is 13.6. The van der Waals surface area contributed by atoms with Crippen molar-refractivity contribution in [2.45, 2.75) is 96.6 Å². The van der Waals surface area contributed by atoms with Gasteiger partial charge in [0.1, 0.15) is 41.6 Å². The van der Waals surface area contributed by atoms with E-state index >= 15 is 0 Å². The third-order valence-corrected chi connectivity index (χ3v) is 14.5. The van der Waals surface area contributed by atoms with Crippen molar-refractivity contribution in [2.75, 3.05) is 51.9 Å². The molecule has 2 saturated heterocycles. The van der Waals surface area contributed by atoms with E-state index in [0.29, 0.717) is 46.2 Å². The molecule has 15 nitrogen and oxygen atoms in total. The number of benzene rings is 3. The number of nitrogens with zero attached hydrogens (tertiary/aromatic N) is 4. The summed E-state index contributed by atoms with van der Waals surface area (Å²) in [6.07, 6.45) is 3.44. The van der Waals surface area contributed by atoms with Crippen LogP contribution in [0.3, 0.4) is 0 Å². The number of rotatable bonds is 15. The molecule has 0 radical (unpaired) electrons. The van der Waals surface area contributed by atoms with Crippen LogP contribution in [0.25, 0.3) is 0 Å². The number of fused-ring (bicyclic) bond motifs is 1. The van der Waals surface area contributed by atoms with E-state index in [2.05, 4.69) is 54.2 Å². The van der Waals surface area contributed by atoms with Gasteiger partial charge < -0.3 is 29.2 Å². The number of carbonyl (C=O) groups is 5. The summed E-state index contributed by atoms with van der Waals surface area (Å²) in [4.78, 5) is 70.6. The number of piperidine rings is 2. The molecule has 0 bridgehead atoms. The Morgan fingerprint density at radius 1 is 0.923 bits per heavy atom. The van der Waals surface area contributed by atoms with Crippen LogP contribution in [0.15, 0.2) is 54.6 Å². The number of ether oxygens (including phenoxy) is 4. The quantitative estimate of drug-likeness (QED) is 0.170. The minimum atomic E-state index is -1.07. The maximum absolute atomic E-state index is 13.6. The summed E-state index contributed by atoms with van der Waals surface area (Å²) in [5.41, 5.74) is 1.55. The molecule has 344 valence electrons. The van der Waals surface area contributed by atoms with E-state index in [4.69, 9.17) is 30.5 Å². The SMILES string of the molecule is COCCN(CC1CCN(c2ccc(C(=O)NC3C(C)(C)C(Oc4ccc(C#N)c(Cl)c4)C3(C)C)cc2)CC1)C1CC(Oc2cc(OC)c3c(c2)C(=O)N([C@@H]2CCC(=O)NC2=O)C3=O)C1. The van der Waals surface area contributed by atoms with Crippen molar-refractivity contribution in [3.63, 3.8) is 0 Å². The smallest absolute Gasteiger partial charge is 0.266 e. The highest BCUT2D eigenvalue weighted by molar-refractivity contribution is 6.31. The lowest BCUT2D eigenvalue weighted by Crippen LogP contribution is -2.74. The Morgan fingerprint density at radius 3 is 2.26 bits per heavy atom. The standard InChI is InChI=1S/C49H57ClN6O9/c1-48(2)46(49(3,4)47(48)65-33-12-9-30(26-51)37(50)24-33)53-42(58)29-7-10-31(11-8-29)54-17-15-28(16-18-54)27-55(19-20-62-5)32-21-34(22-32)64-35-23-36-41(39(25-35)63-6)45(61)56(44(36)60)38-13-14-40(57)52-43(38)59/h7-12,23-25,28,32,34,38,46-47H,13-22,27H2,1-6H3,(H,53,58)(H,52,57,59)/t32?,34?,38-,46?,47?/m1/s1. The number of hydrogen-bond acceptors (Lipinski definition) is 12. The zero-order chi connectivity index (χ0) is 46.4. The molecule has 4 fully saturated rings. The monoisotopic (exact) mass is 908 g/mol. The number of hydrogen-bond donors (Lipinski definition) is 2. The Morgan fingerprint density at radius 2 is 1.63 bits per heavy atom. The zero-order valence-corrected chi connectivity index (χ0v) is 38.5. The van der Waals surface area contributed by atoms with Gasteiger partial charge in [-0.25, -0.2) is 0 Å². The van der Waals surface area contributed by atoms with Gasteiger partial charge in [-0.1, -0.05) is 39.3 Å². The lowest BCUT2D eigenvalue weighted by molar-refractivity contribution is -0.164. The molecule has 2 aliphatic carbocycles. The van der Waals surface area contributed by atoms with E-state index in [9.17, 15) is 29.2 Å². The number of amides is 5. The van der Waals surface area contributed by atoms with Crippen molar-refractivity contribution in [2.24, 2.45) is 16.7 Å². The molecule has 0 aromatic heterocycles. The van der Waals surface area contributed by atoms with E-state index in [1.807, 2.05) is 24.3 Å². The zero-order valence-electron chi connectivity index (χ0n) is 37.8. The van der Waals surface area contributed by atoms with Gasteiger partial charge in [0.15, 0.2) is 0 Å². The maximum Gasteiger partial charge on any atom is 0.266 e. The first kappa shape index (κ1) is 45.9. The van der Waals surface area contributed by atoms with Crippen molar-refractivity contribution in [1.82, 2.24) is 20.4 Å². The lowest BCUT2D eigenvalue weighted by Gasteiger charge is -2.63. The van der Waals surface area contributed by atoms with E-state index in [1.165, 1.54) is 7.11 Å². The average molecular weight is 909 g/mol. The molecule has 3 aromatic carbocycles. The van der Waals surface area contributed by atoms with Gasteiger partial charge in [0.05, 0.1) is 35.4 Å². The van der Waals surface area contributed by atoms with Gasteiger partial charge in [-0.05, 0) is 67.6 Å². The second-order valence-electron chi connectivity index (χ2n) is 19.1. The summed E-state index contributed by atoms with van der Waals surface area (Å²) >= 11 is 6.27. The first-order chi connectivity index (χ1) is 31.0. The van der Waals surface area contributed by atoms with Crippen LogP contribution in [0.4, 0.5) is 5.69 Å². The summed E-state index contributed by atoms with van der Waals surface area (Å²) in [7, 11) is 3.13. The van der Waals surface area contributed by atoms with Crippen molar-refractivity contribution >= 4 is 46.8 Å². The van der Waals surface area contributed by atoms with Crippen LogP contribution >= 0.6 is 11.6 Å². The largest absolute Gasteiger partial charge is 0.496 e. The van der Waals surface area contributed by atoms with Crippen LogP contribution in [-0.4, -0.2) is 117 Å².